The van der Waals surface area contributed by atoms with Crippen LogP contribution in [0.15, 0.2) is 18.5 Å². The van der Waals surface area contributed by atoms with E-state index in [4.69, 9.17) is 0 Å². The maximum atomic E-state index is 9.42. The molecule has 0 unspecified atom stereocenters. The molecule has 1 fully saturated rings. The van der Waals surface area contributed by atoms with Gasteiger partial charge in [-0.3, -0.25) is 0 Å². The minimum atomic E-state index is 0.849. The van der Waals surface area contributed by atoms with Crippen LogP contribution in [0.2, 0.25) is 0 Å². The molecule has 0 saturated heterocycles. The molecule has 1 aromatic rings. The van der Waals surface area contributed by atoms with Crippen molar-refractivity contribution in [3.63, 3.8) is 0 Å². The third-order valence-electron chi connectivity index (χ3n) is 4.34. The molecule has 0 bridgehead atoms. The van der Waals surface area contributed by atoms with E-state index in [1.165, 1.54) is 32.1 Å². The molecule has 2 aliphatic rings. The molecule has 0 atom stereocenters. The fourth-order valence-electron chi connectivity index (χ4n) is 3.23. The highest BCUT2D eigenvalue weighted by Gasteiger charge is 2.17. The van der Waals surface area contributed by atoms with Crippen molar-refractivity contribution in [2.75, 3.05) is 24.5 Å². The Balaban J connectivity index is 1.44. The lowest BCUT2D eigenvalue weighted by Gasteiger charge is -2.24. The van der Waals surface area contributed by atoms with Gasteiger partial charge in [0, 0.05) is 24.9 Å². The molecule has 5 nitrogen and oxygen atoms in total. The van der Waals surface area contributed by atoms with Crippen molar-refractivity contribution in [2.24, 2.45) is 5.92 Å². The second-order valence-corrected chi connectivity index (χ2v) is 5.89. The molecule has 1 aliphatic heterocycles. The third kappa shape index (κ3) is 3.15. The molecular weight excluding hydrogens is 252 g/mol. The molecule has 1 aromatic heterocycles. The van der Waals surface area contributed by atoms with Crippen LogP contribution in [0.4, 0.5) is 5.82 Å². The monoisotopic (exact) mass is 276 g/mol. The van der Waals surface area contributed by atoms with E-state index >= 15 is 0 Å². The van der Waals surface area contributed by atoms with Crippen LogP contribution in [-0.4, -0.2) is 34.8 Å². The highest BCUT2D eigenvalue weighted by atomic mass is 16.5. The summed E-state index contributed by atoms with van der Waals surface area (Å²) in [6.45, 7) is 2.99. The number of fused-ring (bicyclic) bond motifs is 1. The van der Waals surface area contributed by atoms with Crippen molar-refractivity contribution in [3.05, 3.63) is 24.0 Å². The molecule has 1 aliphatic carbocycles. The Hall–Kier alpha value is -1.49. The van der Waals surface area contributed by atoms with Crippen molar-refractivity contribution in [2.45, 2.75) is 38.5 Å². The predicted molar refractivity (Wildman–Crippen MR) is 79.0 cm³/mol. The Bertz CT molecular complexity index is 462. The molecule has 110 valence electrons. The van der Waals surface area contributed by atoms with Crippen LogP contribution in [-0.2, 0) is 6.42 Å². The van der Waals surface area contributed by atoms with E-state index in [2.05, 4.69) is 27.6 Å². The van der Waals surface area contributed by atoms with E-state index in [-0.39, 0.29) is 0 Å². The summed E-state index contributed by atoms with van der Waals surface area (Å²) < 4.78 is 0. The van der Waals surface area contributed by atoms with E-state index in [1.54, 1.807) is 6.20 Å². The van der Waals surface area contributed by atoms with Crippen molar-refractivity contribution in [1.29, 1.82) is 0 Å². The Kier molecular flexibility index (Phi) is 4.25. The van der Waals surface area contributed by atoms with Crippen LogP contribution in [0.3, 0.4) is 0 Å². The van der Waals surface area contributed by atoms with E-state index in [9.17, 15) is 5.21 Å². The van der Waals surface area contributed by atoms with Gasteiger partial charge in [0.1, 0.15) is 0 Å². The van der Waals surface area contributed by atoms with E-state index in [1.807, 2.05) is 0 Å². The van der Waals surface area contributed by atoms with Gasteiger partial charge in [0.05, 0.1) is 6.20 Å². The minimum Gasteiger partial charge on any atom is -0.412 e. The number of nitrogens with one attached hydrogen (secondary N) is 1. The van der Waals surface area contributed by atoms with Crippen LogP contribution in [0.25, 0.3) is 0 Å². The molecule has 2 heterocycles. The van der Waals surface area contributed by atoms with Crippen LogP contribution in [0.5, 0.6) is 0 Å². The normalized spacial score (nSPS) is 19.3. The van der Waals surface area contributed by atoms with Crippen LogP contribution in [0, 0.1) is 5.92 Å². The van der Waals surface area contributed by atoms with Gasteiger partial charge in [-0.05, 0) is 31.7 Å². The topological polar surface area (TPSA) is 53.3 Å². The average molecular weight is 276 g/mol. The van der Waals surface area contributed by atoms with Crippen LogP contribution < -0.4 is 10.2 Å². The summed E-state index contributed by atoms with van der Waals surface area (Å²) in [5.74, 6) is 1.75. The van der Waals surface area contributed by atoms with E-state index in [0.29, 0.717) is 0 Å². The number of hydrogen-bond donors (Lipinski definition) is 2. The molecule has 0 spiro atoms. The van der Waals surface area contributed by atoms with Gasteiger partial charge in [-0.1, -0.05) is 25.3 Å². The zero-order valence-electron chi connectivity index (χ0n) is 12.0. The lowest BCUT2D eigenvalue weighted by molar-refractivity contribution is 0.149. The van der Waals surface area contributed by atoms with Gasteiger partial charge < -0.3 is 15.4 Å². The Morgan fingerprint density at radius 2 is 2.15 bits per heavy atom. The van der Waals surface area contributed by atoms with Crippen LogP contribution >= 0.6 is 0 Å². The zero-order valence-corrected chi connectivity index (χ0v) is 12.0. The van der Waals surface area contributed by atoms with E-state index < -0.39 is 0 Å². The summed E-state index contributed by atoms with van der Waals surface area (Å²) in [7, 11) is 0. The number of nitrogens with zero attached hydrogens (tertiary/aromatic N) is 3. The van der Waals surface area contributed by atoms with Gasteiger partial charge in [-0.15, -0.1) is 9.94 Å². The quantitative estimate of drug-likeness (QED) is 0.639. The van der Waals surface area contributed by atoms with Crippen molar-refractivity contribution >= 4 is 5.82 Å². The summed E-state index contributed by atoms with van der Waals surface area (Å²) >= 11 is 0. The molecule has 1 saturated carbocycles. The zero-order chi connectivity index (χ0) is 13.8. The molecule has 2 N–H and O–H groups in total. The average Bonchev–Trinajstić information content (AvgIpc) is 2.86. The lowest BCUT2D eigenvalue weighted by atomic mass is 9.89. The first-order valence-electron chi connectivity index (χ1n) is 7.75. The number of hydrogen-bond acceptors (Lipinski definition) is 4. The van der Waals surface area contributed by atoms with E-state index in [0.717, 1.165) is 48.2 Å². The van der Waals surface area contributed by atoms with Gasteiger partial charge in [-0.2, -0.15) is 0 Å². The first-order chi connectivity index (χ1) is 9.83. The Morgan fingerprint density at radius 3 is 3.00 bits per heavy atom. The molecule has 0 amide bonds. The van der Waals surface area contributed by atoms with Crippen molar-refractivity contribution in [3.8, 4) is 0 Å². The van der Waals surface area contributed by atoms with Crippen molar-refractivity contribution in [1.82, 2.24) is 15.3 Å². The van der Waals surface area contributed by atoms with Gasteiger partial charge in [0.2, 0.25) is 0 Å². The lowest BCUT2D eigenvalue weighted by Crippen LogP contribution is -2.33. The fraction of sp³-hybridized carbons (Fsp3) is 0.667. The molecule has 0 aromatic carbocycles. The first kappa shape index (κ1) is 13.5. The number of allylic oxidation sites excluding steroid dienone is 1. The standard InChI is InChI=1S/C15H24N4O/c20-19-12-14-7-4-9-18(15(14)17-19)10-8-16-11-13-5-2-1-3-6-13/h4,9,12-13,16,20H,1-3,5-8,10-11H2. The molecule has 0 radical (unpaired) electrons. The molecular formula is C15H24N4O. The van der Waals surface area contributed by atoms with Crippen LogP contribution in [0.1, 0.15) is 37.7 Å². The van der Waals surface area contributed by atoms with Gasteiger partial charge in [0.25, 0.3) is 0 Å². The second kappa shape index (κ2) is 6.31. The predicted octanol–water partition coefficient (Wildman–Crippen LogP) is 2.17. The summed E-state index contributed by atoms with van der Waals surface area (Å²) in [6, 6.07) is 0. The fourth-order valence-corrected chi connectivity index (χ4v) is 3.23. The SMILES string of the molecule is On1cc2c(n1)N(CCNCC1CCCCC1)C=CC2. The maximum Gasteiger partial charge on any atom is 0.161 e. The molecule has 3 rings (SSSR count). The first-order valence-corrected chi connectivity index (χ1v) is 7.75. The van der Waals surface area contributed by atoms with Crippen molar-refractivity contribution < 1.29 is 5.21 Å². The Morgan fingerprint density at radius 1 is 1.30 bits per heavy atom. The Labute approximate surface area is 120 Å². The molecule has 5 heteroatoms. The summed E-state index contributed by atoms with van der Waals surface area (Å²) in [5, 5.41) is 17.1. The summed E-state index contributed by atoms with van der Waals surface area (Å²) in [5.41, 5.74) is 1.09. The third-order valence-corrected chi connectivity index (χ3v) is 4.34. The maximum absolute atomic E-state index is 9.42. The smallest absolute Gasteiger partial charge is 0.161 e. The minimum absolute atomic E-state index is 0.849. The summed E-state index contributed by atoms with van der Waals surface area (Å²) in [4.78, 5) is 3.03. The number of aromatic nitrogens is 2. The largest absolute Gasteiger partial charge is 0.412 e. The highest BCUT2D eigenvalue weighted by molar-refractivity contribution is 5.52. The van der Waals surface area contributed by atoms with Gasteiger partial charge in [-0.25, -0.2) is 0 Å². The number of rotatable bonds is 5. The van der Waals surface area contributed by atoms with Gasteiger partial charge >= 0.3 is 0 Å². The second-order valence-electron chi connectivity index (χ2n) is 5.89. The molecule has 20 heavy (non-hydrogen) atoms. The highest BCUT2D eigenvalue weighted by Crippen LogP contribution is 2.24. The van der Waals surface area contributed by atoms with Gasteiger partial charge in [0.15, 0.2) is 5.82 Å². The number of anilines is 1. The summed E-state index contributed by atoms with van der Waals surface area (Å²) in [6.07, 6.45) is 13.7.